The molecular formula is C21H23NO2. The van der Waals surface area contributed by atoms with Crippen LogP contribution in [0.1, 0.15) is 30.4 Å². The van der Waals surface area contributed by atoms with Crippen molar-refractivity contribution < 1.29 is 9.53 Å². The highest BCUT2D eigenvalue weighted by atomic mass is 16.6. The van der Waals surface area contributed by atoms with Gasteiger partial charge in [-0.15, -0.1) is 0 Å². The zero-order valence-corrected chi connectivity index (χ0v) is 13.8. The molecule has 24 heavy (non-hydrogen) atoms. The summed E-state index contributed by atoms with van der Waals surface area (Å²) in [5, 5.41) is 0. The molecule has 3 heteroatoms. The van der Waals surface area contributed by atoms with Gasteiger partial charge in [0.25, 0.3) is 0 Å². The fraction of sp³-hybridized carbons (Fsp3) is 0.286. The van der Waals surface area contributed by atoms with E-state index < -0.39 is 0 Å². The molecule has 0 N–H and O–H groups in total. The van der Waals surface area contributed by atoms with Crippen LogP contribution >= 0.6 is 0 Å². The summed E-state index contributed by atoms with van der Waals surface area (Å²) in [5.74, 6) is 0. The molecule has 124 valence electrons. The highest BCUT2D eigenvalue weighted by Gasteiger charge is 2.24. The van der Waals surface area contributed by atoms with Crippen molar-refractivity contribution in [1.82, 2.24) is 4.90 Å². The first kappa shape index (κ1) is 16.3. The van der Waals surface area contributed by atoms with Crippen LogP contribution in [0.25, 0.3) is 0 Å². The van der Waals surface area contributed by atoms with Gasteiger partial charge in [0.2, 0.25) is 0 Å². The van der Waals surface area contributed by atoms with Crippen LogP contribution in [0.15, 0.2) is 72.8 Å². The van der Waals surface area contributed by atoms with Crippen molar-refractivity contribution in [2.75, 3.05) is 0 Å². The summed E-state index contributed by atoms with van der Waals surface area (Å²) in [5.41, 5.74) is 2.12. The summed E-state index contributed by atoms with van der Waals surface area (Å²) in [6.07, 6.45) is 7.24. The van der Waals surface area contributed by atoms with Crippen LogP contribution in [0.3, 0.4) is 0 Å². The molecule has 0 saturated carbocycles. The molecule has 0 spiro atoms. The summed E-state index contributed by atoms with van der Waals surface area (Å²) >= 11 is 0. The molecular weight excluding hydrogens is 298 g/mol. The van der Waals surface area contributed by atoms with Crippen LogP contribution in [0, 0.1) is 0 Å². The Balaban J connectivity index is 1.69. The SMILES string of the molecule is O=C(OCc1ccccc1)N(Cc1ccccc1)[C@@H]1C=CCCC1. The van der Waals surface area contributed by atoms with Gasteiger partial charge in [0, 0.05) is 6.54 Å². The van der Waals surface area contributed by atoms with Gasteiger partial charge in [-0.3, -0.25) is 4.90 Å². The first-order valence-electron chi connectivity index (χ1n) is 8.51. The number of hydrogen-bond acceptors (Lipinski definition) is 2. The Morgan fingerprint density at radius 1 is 1.00 bits per heavy atom. The minimum Gasteiger partial charge on any atom is -0.445 e. The molecule has 1 amide bonds. The highest BCUT2D eigenvalue weighted by Crippen LogP contribution is 2.20. The molecule has 0 radical (unpaired) electrons. The minimum atomic E-state index is -0.251. The molecule has 0 aromatic heterocycles. The van der Waals surface area contributed by atoms with Crippen LogP contribution in [-0.4, -0.2) is 17.0 Å². The number of carbonyl (C=O) groups is 1. The largest absolute Gasteiger partial charge is 0.445 e. The number of allylic oxidation sites excluding steroid dienone is 1. The van der Waals surface area contributed by atoms with Crippen LogP contribution in [0.2, 0.25) is 0 Å². The highest BCUT2D eigenvalue weighted by molar-refractivity contribution is 5.68. The molecule has 0 fully saturated rings. The first-order chi connectivity index (χ1) is 11.8. The number of hydrogen-bond donors (Lipinski definition) is 0. The van der Waals surface area contributed by atoms with E-state index in [1.807, 2.05) is 65.6 Å². The van der Waals surface area contributed by atoms with Gasteiger partial charge in [0.1, 0.15) is 6.61 Å². The lowest BCUT2D eigenvalue weighted by molar-refractivity contribution is 0.0820. The molecule has 3 nitrogen and oxygen atoms in total. The molecule has 0 unspecified atom stereocenters. The van der Waals surface area contributed by atoms with E-state index >= 15 is 0 Å². The van der Waals surface area contributed by atoms with Gasteiger partial charge in [-0.25, -0.2) is 4.79 Å². The Hall–Kier alpha value is -2.55. The van der Waals surface area contributed by atoms with E-state index in [9.17, 15) is 4.79 Å². The van der Waals surface area contributed by atoms with Crippen LogP contribution in [0.4, 0.5) is 4.79 Å². The second-order valence-corrected chi connectivity index (χ2v) is 6.08. The van der Waals surface area contributed by atoms with E-state index in [-0.39, 0.29) is 12.1 Å². The molecule has 3 rings (SSSR count). The van der Waals surface area contributed by atoms with E-state index in [2.05, 4.69) is 12.2 Å². The predicted molar refractivity (Wildman–Crippen MR) is 95.4 cm³/mol. The van der Waals surface area contributed by atoms with Gasteiger partial charge in [0.15, 0.2) is 0 Å². The van der Waals surface area contributed by atoms with Crippen molar-refractivity contribution in [3.05, 3.63) is 83.9 Å². The number of amides is 1. The molecule has 2 aromatic carbocycles. The molecule has 1 aliphatic carbocycles. The van der Waals surface area contributed by atoms with E-state index in [1.165, 1.54) is 0 Å². The van der Waals surface area contributed by atoms with Gasteiger partial charge in [0.05, 0.1) is 6.04 Å². The third-order valence-corrected chi connectivity index (χ3v) is 4.26. The number of carbonyl (C=O) groups excluding carboxylic acids is 1. The summed E-state index contributed by atoms with van der Waals surface area (Å²) in [7, 11) is 0. The van der Waals surface area contributed by atoms with Crippen LogP contribution < -0.4 is 0 Å². The first-order valence-corrected chi connectivity index (χ1v) is 8.51. The van der Waals surface area contributed by atoms with Crippen molar-refractivity contribution >= 4 is 6.09 Å². The monoisotopic (exact) mass is 321 g/mol. The summed E-state index contributed by atoms with van der Waals surface area (Å²) < 4.78 is 5.57. The molecule has 2 aromatic rings. The smallest absolute Gasteiger partial charge is 0.410 e. The third kappa shape index (κ3) is 4.48. The van der Waals surface area contributed by atoms with Crippen molar-refractivity contribution in [3.63, 3.8) is 0 Å². The quantitative estimate of drug-likeness (QED) is 0.730. The molecule has 0 heterocycles. The van der Waals surface area contributed by atoms with E-state index in [1.54, 1.807) is 0 Å². The average Bonchev–Trinajstić information content (AvgIpc) is 2.66. The fourth-order valence-electron chi connectivity index (χ4n) is 2.95. The number of rotatable bonds is 5. The topological polar surface area (TPSA) is 29.5 Å². The fourth-order valence-corrected chi connectivity index (χ4v) is 2.95. The van der Waals surface area contributed by atoms with Gasteiger partial charge in [-0.2, -0.15) is 0 Å². The number of ether oxygens (including phenoxy) is 1. The van der Waals surface area contributed by atoms with Crippen LogP contribution in [-0.2, 0) is 17.9 Å². The second-order valence-electron chi connectivity index (χ2n) is 6.08. The van der Waals surface area contributed by atoms with Gasteiger partial charge < -0.3 is 4.74 Å². The lowest BCUT2D eigenvalue weighted by Gasteiger charge is -2.31. The zero-order valence-electron chi connectivity index (χ0n) is 13.8. The zero-order chi connectivity index (χ0) is 16.6. The normalized spacial score (nSPS) is 16.6. The maximum Gasteiger partial charge on any atom is 0.410 e. The van der Waals surface area contributed by atoms with E-state index in [0.29, 0.717) is 13.2 Å². The van der Waals surface area contributed by atoms with Crippen molar-refractivity contribution in [2.45, 2.75) is 38.5 Å². The molecule has 0 saturated heterocycles. The van der Waals surface area contributed by atoms with Gasteiger partial charge in [-0.1, -0.05) is 72.8 Å². The molecule has 1 atom stereocenters. The summed E-state index contributed by atoms with van der Waals surface area (Å²) in [6, 6.07) is 20.0. The number of nitrogens with zero attached hydrogens (tertiary/aromatic N) is 1. The lowest BCUT2D eigenvalue weighted by Crippen LogP contribution is -2.39. The van der Waals surface area contributed by atoms with Gasteiger partial charge in [-0.05, 0) is 30.4 Å². The van der Waals surface area contributed by atoms with Crippen molar-refractivity contribution in [2.24, 2.45) is 0 Å². The summed E-state index contributed by atoms with van der Waals surface area (Å²) in [6.45, 7) is 0.880. The minimum absolute atomic E-state index is 0.113. The van der Waals surface area contributed by atoms with Crippen molar-refractivity contribution in [1.29, 1.82) is 0 Å². The predicted octanol–water partition coefficient (Wildman–Crippen LogP) is 4.93. The van der Waals surface area contributed by atoms with Gasteiger partial charge >= 0.3 is 6.09 Å². The Labute approximate surface area is 143 Å². The standard InChI is InChI=1S/C21H23NO2/c23-21(24-17-19-12-6-2-7-13-19)22(20-14-8-3-9-15-20)16-18-10-4-1-5-11-18/h1-2,4-8,10-14,20H,3,9,15-17H2/t20-/m1/s1. The maximum absolute atomic E-state index is 12.7. The Morgan fingerprint density at radius 2 is 1.67 bits per heavy atom. The Bertz CT molecular complexity index is 667. The second kappa shape index (κ2) is 8.34. The summed E-state index contributed by atoms with van der Waals surface area (Å²) in [4.78, 5) is 14.5. The van der Waals surface area contributed by atoms with E-state index in [0.717, 1.165) is 30.4 Å². The maximum atomic E-state index is 12.7. The third-order valence-electron chi connectivity index (χ3n) is 4.26. The average molecular weight is 321 g/mol. The Morgan fingerprint density at radius 3 is 2.29 bits per heavy atom. The number of benzene rings is 2. The van der Waals surface area contributed by atoms with Crippen molar-refractivity contribution in [3.8, 4) is 0 Å². The molecule has 0 aliphatic heterocycles. The van der Waals surface area contributed by atoms with Crippen LogP contribution in [0.5, 0.6) is 0 Å². The van der Waals surface area contributed by atoms with E-state index in [4.69, 9.17) is 4.74 Å². The Kier molecular flexibility index (Phi) is 5.67. The molecule has 0 bridgehead atoms. The molecule has 1 aliphatic rings. The lowest BCUT2D eigenvalue weighted by atomic mass is 10.0.